The fourth-order valence-corrected chi connectivity index (χ4v) is 1.60. The van der Waals surface area contributed by atoms with E-state index in [0.717, 1.165) is 0 Å². The van der Waals surface area contributed by atoms with Crippen molar-refractivity contribution in [2.75, 3.05) is 19.8 Å². The Kier molecular flexibility index (Phi) is 4.55. The van der Waals surface area contributed by atoms with Crippen LogP contribution in [0.2, 0.25) is 5.02 Å². The smallest absolute Gasteiger partial charge is 0.340 e. The van der Waals surface area contributed by atoms with E-state index in [1.165, 1.54) is 24.0 Å². The summed E-state index contributed by atoms with van der Waals surface area (Å²) in [6.07, 6.45) is -0.860. The third-order valence-electron chi connectivity index (χ3n) is 2.29. The number of hydrogen-bond acceptors (Lipinski definition) is 4. The van der Waals surface area contributed by atoms with Gasteiger partial charge in [-0.25, -0.2) is 4.79 Å². The third-order valence-corrected chi connectivity index (χ3v) is 2.60. The number of likely N-dealkylation sites (N-methyl/N-ethyl adjacent to an activating group) is 1. The Bertz CT molecular complexity index is 474. The topological polar surface area (TPSA) is 72.6 Å². The van der Waals surface area contributed by atoms with E-state index in [-0.39, 0.29) is 16.5 Å². The minimum absolute atomic E-state index is 0.185. The number of nitrogens with two attached hydrogens (primary N) is 1. The first-order valence-electron chi connectivity index (χ1n) is 5.30. The molecule has 1 unspecified atom stereocenters. The second-order valence-electron chi connectivity index (χ2n) is 4.02. The van der Waals surface area contributed by atoms with Gasteiger partial charge in [0.1, 0.15) is 0 Å². The van der Waals surface area contributed by atoms with Crippen molar-refractivity contribution in [2.45, 2.75) is 13.0 Å². The van der Waals surface area contributed by atoms with Crippen LogP contribution in [0.1, 0.15) is 17.3 Å². The van der Waals surface area contributed by atoms with Gasteiger partial charge >= 0.3 is 5.97 Å². The molecule has 0 fully saturated rings. The molecule has 2 N–H and O–H groups in total. The van der Waals surface area contributed by atoms with Crippen molar-refractivity contribution in [3.05, 3.63) is 28.8 Å². The minimum atomic E-state index is -0.860. The Morgan fingerprint density at radius 1 is 1.39 bits per heavy atom. The molecule has 5 nitrogen and oxygen atoms in total. The number of carbonyl (C=O) groups excluding carboxylic acids is 2. The lowest BCUT2D eigenvalue weighted by Gasteiger charge is -2.17. The molecule has 0 radical (unpaired) electrons. The Hall–Kier alpha value is -1.75. The maximum absolute atomic E-state index is 11.8. The molecule has 1 aromatic rings. The highest BCUT2D eigenvalue weighted by atomic mass is 35.5. The number of anilines is 1. The predicted molar refractivity (Wildman–Crippen MR) is 69.4 cm³/mol. The zero-order valence-corrected chi connectivity index (χ0v) is 11.2. The summed E-state index contributed by atoms with van der Waals surface area (Å²) in [7, 11) is 3.17. The van der Waals surface area contributed by atoms with Crippen molar-refractivity contribution in [1.29, 1.82) is 0 Å². The van der Waals surface area contributed by atoms with Crippen molar-refractivity contribution >= 4 is 29.2 Å². The molecule has 6 heteroatoms. The molecule has 0 aromatic heterocycles. The Labute approximate surface area is 110 Å². The fourth-order valence-electron chi connectivity index (χ4n) is 1.33. The molecule has 98 valence electrons. The van der Waals surface area contributed by atoms with Gasteiger partial charge in [-0.3, -0.25) is 4.79 Å². The van der Waals surface area contributed by atoms with Gasteiger partial charge in [0.15, 0.2) is 6.10 Å². The summed E-state index contributed by atoms with van der Waals surface area (Å²) in [5, 5.41) is 0.199. The maximum atomic E-state index is 11.8. The zero-order valence-electron chi connectivity index (χ0n) is 10.4. The van der Waals surface area contributed by atoms with Gasteiger partial charge < -0.3 is 15.4 Å². The van der Waals surface area contributed by atoms with Gasteiger partial charge in [-0.1, -0.05) is 11.6 Å². The maximum Gasteiger partial charge on any atom is 0.340 e. The van der Waals surface area contributed by atoms with Gasteiger partial charge in [-0.05, 0) is 25.1 Å². The number of benzene rings is 1. The summed E-state index contributed by atoms with van der Waals surface area (Å²) in [6, 6.07) is 4.46. The summed E-state index contributed by atoms with van der Waals surface area (Å²) in [4.78, 5) is 24.7. The van der Waals surface area contributed by atoms with E-state index in [2.05, 4.69) is 0 Å². The van der Waals surface area contributed by atoms with Crippen LogP contribution in [0.4, 0.5) is 5.69 Å². The molecule has 0 aliphatic carbocycles. The lowest BCUT2D eigenvalue weighted by Crippen LogP contribution is -2.34. The quantitative estimate of drug-likeness (QED) is 0.668. The van der Waals surface area contributed by atoms with E-state index < -0.39 is 12.1 Å². The van der Waals surface area contributed by atoms with Crippen LogP contribution >= 0.6 is 11.6 Å². The number of amides is 1. The molecule has 18 heavy (non-hydrogen) atoms. The monoisotopic (exact) mass is 270 g/mol. The Balaban J connectivity index is 2.80. The van der Waals surface area contributed by atoms with E-state index in [0.29, 0.717) is 5.69 Å². The highest BCUT2D eigenvalue weighted by Crippen LogP contribution is 2.20. The van der Waals surface area contributed by atoms with Crippen LogP contribution in [0.5, 0.6) is 0 Å². The number of rotatable bonds is 3. The lowest BCUT2D eigenvalue weighted by atomic mass is 10.2. The van der Waals surface area contributed by atoms with Crippen LogP contribution in [0.15, 0.2) is 18.2 Å². The largest absolute Gasteiger partial charge is 0.449 e. The molecule has 0 spiro atoms. The molecule has 0 saturated heterocycles. The highest BCUT2D eigenvalue weighted by Gasteiger charge is 2.21. The summed E-state index contributed by atoms with van der Waals surface area (Å²) >= 11 is 5.87. The molecule has 1 aromatic carbocycles. The van der Waals surface area contributed by atoms with Gasteiger partial charge in [0.25, 0.3) is 5.91 Å². The molecule has 1 amide bonds. The number of halogens is 1. The molecular formula is C12H15ClN2O3. The van der Waals surface area contributed by atoms with Crippen LogP contribution in [0.25, 0.3) is 0 Å². The minimum Gasteiger partial charge on any atom is -0.449 e. The molecule has 0 bridgehead atoms. The molecule has 1 rings (SSSR count). The third kappa shape index (κ3) is 3.37. The van der Waals surface area contributed by atoms with Crippen molar-refractivity contribution in [2.24, 2.45) is 0 Å². The lowest BCUT2D eigenvalue weighted by molar-refractivity contribution is -0.137. The zero-order chi connectivity index (χ0) is 13.9. The molecule has 0 aliphatic rings. The summed E-state index contributed by atoms with van der Waals surface area (Å²) < 4.78 is 5.02. The second-order valence-corrected chi connectivity index (χ2v) is 4.43. The average molecular weight is 271 g/mol. The summed E-state index contributed by atoms with van der Waals surface area (Å²) in [5.41, 5.74) is 6.16. The van der Waals surface area contributed by atoms with Crippen molar-refractivity contribution in [3.8, 4) is 0 Å². The van der Waals surface area contributed by atoms with E-state index >= 15 is 0 Å². The molecule has 0 heterocycles. The summed E-state index contributed by atoms with van der Waals surface area (Å²) in [6.45, 7) is 1.51. The van der Waals surface area contributed by atoms with Gasteiger partial charge in [0, 0.05) is 19.8 Å². The number of esters is 1. The Morgan fingerprint density at radius 2 is 2.00 bits per heavy atom. The fraction of sp³-hybridized carbons (Fsp3) is 0.333. The van der Waals surface area contributed by atoms with Crippen LogP contribution in [0, 0.1) is 0 Å². The first-order valence-corrected chi connectivity index (χ1v) is 5.68. The van der Waals surface area contributed by atoms with Gasteiger partial charge in [0.2, 0.25) is 0 Å². The van der Waals surface area contributed by atoms with E-state index in [1.54, 1.807) is 20.2 Å². The number of carbonyl (C=O) groups is 2. The van der Waals surface area contributed by atoms with E-state index in [1.807, 2.05) is 0 Å². The van der Waals surface area contributed by atoms with Crippen molar-refractivity contribution < 1.29 is 14.3 Å². The van der Waals surface area contributed by atoms with Crippen molar-refractivity contribution in [1.82, 2.24) is 4.90 Å². The van der Waals surface area contributed by atoms with Crippen LogP contribution < -0.4 is 5.73 Å². The molecule has 0 aliphatic heterocycles. The molecular weight excluding hydrogens is 256 g/mol. The summed E-state index contributed by atoms with van der Waals surface area (Å²) in [5.74, 6) is -0.947. The first kappa shape index (κ1) is 14.3. The average Bonchev–Trinajstić information content (AvgIpc) is 2.27. The first-order chi connectivity index (χ1) is 8.32. The Morgan fingerprint density at radius 3 is 2.50 bits per heavy atom. The number of nitrogens with zero attached hydrogens (tertiary/aromatic N) is 1. The highest BCUT2D eigenvalue weighted by molar-refractivity contribution is 6.33. The van der Waals surface area contributed by atoms with E-state index in [4.69, 9.17) is 22.1 Å². The normalized spacial score (nSPS) is 11.8. The van der Waals surface area contributed by atoms with Crippen LogP contribution in [-0.2, 0) is 9.53 Å². The van der Waals surface area contributed by atoms with Crippen molar-refractivity contribution in [3.63, 3.8) is 0 Å². The number of ether oxygens (including phenoxy) is 1. The number of nitrogen functional groups attached to an aromatic ring is 1. The standard InChI is InChI=1S/C12H15ClN2O3/c1-7(11(16)15(2)3)18-12(17)9-5-4-8(14)6-10(9)13/h4-7H,14H2,1-3H3. The van der Waals surface area contributed by atoms with Gasteiger partial charge in [-0.15, -0.1) is 0 Å². The van der Waals surface area contributed by atoms with Crippen LogP contribution in [-0.4, -0.2) is 37.0 Å². The van der Waals surface area contributed by atoms with Crippen LogP contribution in [0.3, 0.4) is 0 Å². The molecule has 1 atom stereocenters. The van der Waals surface area contributed by atoms with Gasteiger partial charge in [-0.2, -0.15) is 0 Å². The SMILES string of the molecule is CC(OC(=O)c1ccc(N)cc1Cl)C(=O)N(C)C. The predicted octanol–water partition coefficient (Wildman–Crippen LogP) is 1.56. The van der Waals surface area contributed by atoms with Gasteiger partial charge in [0.05, 0.1) is 10.6 Å². The molecule has 0 saturated carbocycles. The van der Waals surface area contributed by atoms with E-state index in [9.17, 15) is 9.59 Å². The number of hydrogen-bond donors (Lipinski definition) is 1. The second kappa shape index (κ2) is 5.73.